The van der Waals surface area contributed by atoms with Gasteiger partial charge in [-0.3, -0.25) is 0 Å². The average Bonchev–Trinajstić information content (AvgIpc) is 2.67. The van der Waals surface area contributed by atoms with Gasteiger partial charge in [-0.05, 0) is 31.7 Å². The molecular formula is C15H21ClO2. The predicted octanol–water partition coefficient (Wildman–Crippen LogP) is 4.54. The molecular weight excluding hydrogens is 248 g/mol. The zero-order valence-electron chi connectivity index (χ0n) is 11.0. The summed E-state index contributed by atoms with van der Waals surface area (Å²) in [6.45, 7) is 0. The first-order valence-electron chi connectivity index (χ1n) is 6.73. The predicted molar refractivity (Wildman–Crippen MR) is 74.7 cm³/mol. The third-order valence-electron chi connectivity index (χ3n) is 3.51. The van der Waals surface area contributed by atoms with E-state index in [1.54, 1.807) is 7.11 Å². The van der Waals surface area contributed by atoms with Crippen LogP contribution < -0.4 is 9.47 Å². The highest BCUT2D eigenvalue weighted by atomic mass is 35.5. The molecule has 18 heavy (non-hydrogen) atoms. The molecule has 1 saturated carbocycles. The summed E-state index contributed by atoms with van der Waals surface area (Å²) in [4.78, 5) is 0. The summed E-state index contributed by atoms with van der Waals surface area (Å²) in [5.74, 6) is 2.19. The minimum atomic E-state index is 0.335. The Kier molecular flexibility index (Phi) is 5.18. The standard InChI is InChI=1S/C15H21ClO2/c1-17-14-9-8-12(11-16)15(10-14)18-13-6-4-2-3-5-7-13/h8-10,13H,2-7,11H2,1H3. The minimum Gasteiger partial charge on any atom is -0.497 e. The molecule has 1 aliphatic rings. The van der Waals surface area contributed by atoms with E-state index in [1.807, 2.05) is 18.2 Å². The maximum absolute atomic E-state index is 6.14. The summed E-state index contributed by atoms with van der Waals surface area (Å²) >= 11 is 5.96. The maximum atomic E-state index is 6.14. The van der Waals surface area contributed by atoms with Crippen LogP contribution in [0.15, 0.2) is 18.2 Å². The SMILES string of the molecule is COc1ccc(CCl)c(OC2CCCCCC2)c1. The Labute approximate surface area is 114 Å². The summed E-state index contributed by atoms with van der Waals surface area (Å²) in [5.41, 5.74) is 1.04. The van der Waals surface area contributed by atoms with Crippen LogP contribution in [0, 0.1) is 0 Å². The molecule has 1 aromatic carbocycles. The molecule has 3 heteroatoms. The summed E-state index contributed by atoms with van der Waals surface area (Å²) in [6, 6.07) is 5.86. The van der Waals surface area contributed by atoms with Gasteiger partial charge in [0.25, 0.3) is 0 Å². The largest absolute Gasteiger partial charge is 0.497 e. The molecule has 100 valence electrons. The van der Waals surface area contributed by atoms with Gasteiger partial charge in [0.1, 0.15) is 11.5 Å². The number of methoxy groups -OCH3 is 1. The van der Waals surface area contributed by atoms with Crippen molar-refractivity contribution in [2.45, 2.75) is 50.5 Å². The molecule has 0 radical (unpaired) electrons. The van der Waals surface area contributed by atoms with Crippen molar-refractivity contribution in [1.29, 1.82) is 0 Å². The number of hydrogen-bond donors (Lipinski definition) is 0. The van der Waals surface area contributed by atoms with Crippen LogP contribution >= 0.6 is 11.6 Å². The smallest absolute Gasteiger partial charge is 0.127 e. The minimum absolute atomic E-state index is 0.335. The number of alkyl halides is 1. The van der Waals surface area contributed by atoms with Crippen LogP contribution in [0.4, 0.5) is 0 Å². The van der Waals surface area contributed by atoms with Gasteiger partial charge in [-0.2, -0.15) is 0 Å². The van der Waals surface area contributed by atoms with Gasteiger partial charge >= 0.3 is 0 Å². The molecule has 0 aliphatic heterocycles. The Morgan fingerprint density at radius 3 is 2.50 bits per heavy atom. The second-order valence-corrected chi connectivity index (χ2v) is 5.11. The second-order valence-electron chi connectivity index (χ2n) is 4.84. The van der Waals surface area contributed by atoms with E-state index < -0.39 is 0 Å². The monoisotopic (exact) mass is 268 g/mol. The van der Waals surface area contributed by atoms with Crippen molar-refractivity contribution in [3.8, 4) is 11.5 Å². The first-order chi connectivity index (χ1) is 8.83. The molecule has 1 aliphatic carbocycles. The van der Waals surface area contributed by atoms with Crippen molar-refractivity contribution < 1.29 is 9.47 Å². The van der Waals surface area contributed by atoms with E-state index in [0.29, 0.717) is 12.0 Å². The van der Waals surface area contributed by atoms with Gasteiger partial charge in [0.2, 0.25) is 0 Å². The van der Waals surface area contributed by atoms with Gasteiger partial charge in [0, 0.05) is 11.6 Å². The Bertz CT molecular complexity index is 371. The fourth-order valence-electron chi connectivity index (χ4n) is 2.42. The summed E-state index contributed by atoms with van der Waals surface area (Å²) < 4.78 is 11.4. The number of benzene rings is 1. The lowest BCUT2D eigenvalue weighted by Gasteiger charge is -2.19. The maximum Gasteiger partial charge on any atom is 0.127 e. The van der Waals surface area contributed by atoms with Gasteiger partial charge < -0.3 is 9.47 Å². The van der Waals surface area contributed by atoms with Crippen LogP contribution in [0.25, 0.3) is 0 Å². The normalized spacial score (nSPS) is 17.2. The second kappa shape index (κ2) is 6.89. The Morgan fingerprint density at radius 2 is 1.89 bits per heavy atom. The van der Waals surface area contributed by atoms with Crippen LogP contribution in [-0.2, 0) is 5.88 Å². The van der Waals surface area contributed by atoms with Gasteiger partial charge in [-0.1, -0.05) is 18.9 Å². The van der Waals surface area contributed by atoms with Crippen LogP contribution in [-0.4, -0.2) is 13.2 Å². The molecule has 1 fully saturated rings. The lowest BCUT2D eigenvalue weighted by molar-refractivity contribution is 0.182. The van der Waals surface area contributed by atoms with E-state index >= 15 is 0 Å². The number of halogens is 1. The highest BCUT2D eigenvalue weighted by Gasteiger charge is 2.15. The summed E-state index contributed by atoms with van der Waals surface area (Å²) in [5, 5.41) is 0. The number of ether oxygens (including phenoxy) is 2. The zero-order chi connectivity index (χ0) is 12.8. The van der Waals surface area contributed by atoms with Crippen molar-refractivity contribution in [2.24, 2.45) is 0 Å². The van der Waals surface area contributed by atoms with Crippen molar-refractivity contribution in [2.75, 3.05) is 7.11 Å². The van der Waals surface area contributed by atoms with E-state index in [0.717, 1.165) is 29.9 Å². The molecule has 0 saturated heterocycles. The van der Waals surface area contributed by atoms with Crippen molar-refractivity contribution in [1.82, 2.24) is 0 Å². The van der Waals surface area contributed by atoms with Crippen molar-refractivity contribution >= 4 is 11.6 Å². The van der Waals surface area contributed by atoms with E-state index in [1.165, 1.54) is 25.7 Å². The highest BCUT2D eigenvalue weighted by molar-refractivity contribution is 6.17. The first kappa shape index (κ1) is 13.5. The average molecular weight is 269 g/mol. The van der Waals surface area contributed by atoms with E-state index in [4.69, 9.17) is 21.1 Å². The van der Waals surface area contributed by atoms with E-state index in [9.17, 15) is 0 Å². The molecule has 0 spiro atoms. The fraction of sp³-hybridized carbons (Fsp3) is 0.600. The first-order valence-corrected chi connectivity index (χ1v) is 7.26. The van der Waals surface area contributed by atoms with Gasteiger partial charge in [-0.15, -0.1) is 11.6 Å². The van der Waals surface area contributed by atoms with Gasteiger partial charge in [0.05, 0.1) is 19.1 Å². The van der Waals surface area contributed by atoms with Crippen LogP contribution in [0.5, 0.6) is 11.5 Å². The van der Waals surface area contributed by atoms with Gasteiger partial charge in [-0.25, -0.2) is 0 Å². The number of hydrogen-bond acceptors (Lipinski definition) is 2. The fourth-order valence-corrected chi connectivity index (χ4v) is 2.64. The molecule has 0 atom stereocenters. The molecule has 0 unspecified atom stereocenters. The summed E-state index contributed by atoms with van der Waals surface area (Å²) in [7, 11) is 1.67. The topological polar surface area (TPSA) is 18.5 Å². The highest BCUT2D eigenvalue weighted by Crippen LogP contribution is 2.29. The molecule has 2 nitrogen and oxygen atoms in total. The molecule has 0 N–H and O–H groups in total. The Hall–Kier alpha value is -0.890. The third-order valence-corrected chi connectivity index (χ3v) is 3.80. The Balaban J connectivity index is 2.10. The third kappa shape index (κ3) is 3.55. The molecule has 1 aromatic rings. The van der Waals surface area contributed by atoms with Crippen LogP contribution in [0.1, 0.15) is 44.1 Å². The van der Waals surface area contributed by atoms with Crippen molar-refractivity contribution in [3.63, 3.8) is 0 Å². The van der Waals surface area contributed by atoms with Crippen molar-refractivity contribution in [3.05, 3.63) is 23.8 Å². The quantitative estimate of drug-likeness (QED) is 0.590. The molecule has 0 amide bonds. The summed E-state index contributed by atoms with van der Waals surface area (Å²) in [6.07, 6.45) is 7.84. The lowest BCUT2D eigenvalue weighted by atomic mass is 10.1. The van der Waals surface area contributed by atoms with Crippen LogP contribution in [0.2, 0.25) is 0 Å². The number of rotatable bonds is 4. The molecule has 2 rings (SSSR count). The molecule has 0 aromatic heterocycles. The zero-order valence-corrected chi connectivity index (χ0v) is 11.7. The van der Waals surface area contributed by atoms with E-state index in [-0.39, 0.29) is 0 Å². The molecule has 0 bridgehead atoms. The molecule has 0 heterocycles. The van der Waals surface area contributed by atoms with Gasteiger partial charge in [0.15, 0.2) is 0 Å². The van der Waals surface area contributed by atoms with E-state index in [2.05, 4.69) is 0 Å². The van der Waals surface area contributed by atoms with Crippen LogP contribution in [0.3, 0.4) is 0 Å². The Morgan fingerprint density at radius 1 is 1.17 bits per heavy atom. The lowest BCUT2D eigenvalue weighted by Crippen LogP contribution is -2.16.